The van der Waals surface area contributed by atoms with Gasteiger partial charge in [0.2, 0.25) is 0 Å². The van der Waals surface area contributed by atoms with E-state index in [2.05, 4.69) is 4.90 Å². The molecule has 3 aliphatic heterocycles. The van der Waals surface area contributed by atoms with Gasteiger partial charge in [0.1, 0.15) is 18.3 Å². The largest absolute Gasteiger partial charge is 0.457 e. The molecule has 50 heavy (non-hydrogen) atoms. The molecule has 5 atom stereocenters. The number of allylic oxidation sites excluding steroid dienone is 2. The van der Waals surface area contributed by atoms with Crippen molar-refractivity contribution in [2.24, 2.45) is 11.3 Å². The monoisotopic (exact) mass is 701 g/mol. The lowest BCUT2D eigenvalue weighted by molar-refractivity contribution is -0.151. The summed E-state index contributed by atoms with van der Waals surface area (Å²) in [6.45, 7) is 13.8. The van der Waals surface area contributed by atoms with E-state index < -0.39 is 41.4 Å². The van der Waals surface area contributed by atoms with Crippen LogP contribution in [0, 0.1) is 11.3 Å². The van der Waals surface area contributed by atoms with Gasteiger partial charge in [-0.05, 0) is 64.0 Å². The van der Waals surface area contributed by atoms with Crippen molar-refractivity contribution < 1.29 is 38.8 Å². The van der Waals surface area contributed by atoms with Gasteiger partial charge in [-0.15, -0.1) is 0 Å². The number of hydrogen-bond acceptors (Lipinski definition) is 9. The normalized spacial score (nSPS) is 31.0. The van der Waals surface area contributed by atoms with Crippen LogP contribution in [-0.2, 0) is 19.0 Å². The van der Waals surface area contributed by atoms with Gasteiger partial charge in [-0.2, -0.15) is 0 Å². The maximum atomic E-state index is 13.5. The van der Waals surface area contributed by atoms with Crippen LogP contribution >= 0.6 is 0 Å². The first-order valence-corrected chi connectivity index (χ1v) is 19.0. The maximum Gasteiger partial charge on any atom is 0.410 e. The van der Waals surface area contributed by atoms with Gasteiger partial charge in [0.15, 0.2) is 6.10 Å². The average molecular weight is 702 g/mol. The van der Waals surface area contributed by atoms with Crippen LogP contribution in [-0.4, -0.2) is 119 Å². The van der Waals surface area contributed by atoms with E-state index in [1.165, 1.54) is 38.5 Å². The number of ether oxygens (including phenoxy) is 3. The molecule has 0 spiro atoms. The van der Waals surface area contributed by atoms with E-state index in [-0.39, 0.29) is 37.9 Å². The van der Waals surface area contributed by atoms with Crippen LogP contribution in [0.3, 0.4) is 0 Å². The number of rotatable bonds is 7. The second-order valence-corrected chi connectivity index (χ2v) is 15.9. The first kappa shape index (κ1) is 39.9. The number of nitrogens with zero attached hydrogens (tertiary/aromatic N) is 3. The molecule has 2 saturated heterocycles. The van der Waals surface area contributed by atoms with Crippen molar-refractivity contribution in [2.75, 3.05) is 45.9 Å². The fourth-order valence-electron chi connectivity index (χ4n) is 7.37. The van der Waals surface area contributed by atoms with Crippen molar-refractivity contribution >= 4 is 18.2 Å². The summed E-state index contributed by atoms with van der Waals surface area (Å²) >= 11 is 0. The number of likely N-dealkylation sites (tertiary alicyclic amines) is 1. The summed E-state index contributed by atoms with van der Waals surface area (Å²) in [6.07, 6.45) is 15.5. The molecule has 3 fully saturated rings. The highest BCUT2D eigenvalue weighted by Gasteiger charge is 2.37. The Morgan fingerprint density at radius 1 is 0.960 bits per heavy atom. The van der Waals surface area contributed by atoms with Crippen LogP contribution in [0.5, 0.6) is 0 Å². The van der Waals surface area contributed by atoms with E-state index in [0.29, 0.717) is 19.1 Å². The number of carbonyl (C=O) groups is 3. The van der Waals surface area contributed by atoms with Gasteiger partial charge >= 0.3 is 18.2 Å². The molecule has 4 rings (SSSR count). The van der Waals surface area contributed by atoms with Gasteiger partial charge in [0.05, 0.1) is 12.5 Å². The zero-order valence-corrected chi connectivity index (χ0v) is 31.2. The van der Waals surface area contributed by atoms with Gasteiger partial charge in [-0.25, -0.2) is 9.59 Å². The van der Waals surface area contributed by atoms with E-state index in [1.807, 2.05) is 52.0 Å². The molecule has 1 saturated carbocycles. The van der Waals surface area contributed by atoms with Crippen molar-refractivity contribution in [1.82, 2.24) is 14.7 Å². The third kappa shape index (κ3) is 12.1. The number of carbonyl (C=O) groups excluding carboxylic acids is 3. The van der Waals surface area contributed by atoms with E-state index >= 15 is 0 Å². The third-order valence-electron chi connectivity index (χ3n) is 10.8. The molecule has 0 radical (unpaired) electrons. The van der Waals surface area contributed by atoms with E-state index in [4.69, 9.17) is 14.2 Å². The van der Waals surface area contributed by atoms with Gasteiger partial charge in [-0.3, -0.25) is 9.69 Å². The van der Waals surface area contributed by atoms with Crippen LogP contribution in [0.2, 0.25) is 0 Å². The lowest BCUT2D eigenvalue weighted by Gasteiger charge is -2.40. The first-order valence-electron chi connectivity index (χ1n) is 19.0. The van der Waals surface area contributed by atoms with Crippen LogP contribution in [0.1, 0.15) is 105 Å². The second kappa shape index (κ2) is 18.6. The summed E-state index contributed by atoms with van der Waals surface area (Å²) in [7, 11) is 0. The van der Waals surface area contributed by atoms with Crippen molar-refractivity contribution in [3.8, 4) is 0 Å². The lowest BCUT2D eigenvalue weighted by Crippen LogP contribution is -2.53. The molecule has 2 N–H and O–H groups in total. The Balaban J connectivity index is 1.42. The van der Waals surface area contributed by atoms with Gasteiger partial charge in [0.25, 0.3) is 0 Å². The highest BCUT2D eigenvalue weighted by Crippen LogP contribution is 2.29. The van der Waals surface area contributed by atoms with Crippen molar-refractivity contribution in [3.05, 3.63) is 36.0 Å². The van der Waals surface area contributed by atoms with Gasteiger partial charge in [0, 0.05) is 56.6 Å². The maximum absolute atomic E-state index is 13.5. The molecule has 0 unspecified atom stereocenters. The molecule has 0 bridgehead atoms. The second-order valence-electron chi connectivity index (χ2n) is 15.9. The van der Waals surface area contributed by atoms with Crippen LogP contribution in [0.4, 0.5) is 9.59 Å². The van der Waals surface area contributed by atoms with Crippen LogP contribution in [0.25, 0.3) is 0 Å². The Morgan fingerprint density at radius 2 is 1.60 bits per heavy atom. The minimum atomic E-state index is -1.47. The van der Waals surface area contributed by atoms with Crippen LogP contribution < -0.4 is 0 Å². The summed E-state index contributed by atoms with van der Waals surface area (Å²) in [6, 6.07) is 0.587. The predicted octanol–water partition coefficient (Wildman–Crippen LogP) is 5.99. The summed E-state index contributed by atoms with van der Waals surface area (Å²) in [5.74, 6) is -0.866. The molecular formula is C39H63N3O8. The molecule has 282 valence electrons. The van der Waals surface area contributed by atoms with Crippen molar-refractivity contribution in [2.45, 2.75) is 135 Å². The lowest BCUT2D eigenvalue weighted by atomic mass is 9.88. The zero-order valence-electron chi connectivity index (χ0n) is 31.2. The Labute approximate surface area is 299 Å². The quantitative estimate of drug-likeness (QED) is 0.108. The summed E-state index contributed by atoms with van der Waals surface area (Å²) in [5, 5.41) is 22.2. The molecule has 0 aromatic carbocycles. The molecular weight excluding hydrogens is 638 g/mol. The van der Waals surface area contributed by atoms with Crippen LogP contribution in [0.15, 0.2) is 36.0 Å². The SMILES string of the molecule is C/C(=C\C=C\C(C)(C)COC(=O)N1CCCC1)[C@H]1OC(=O)C[C@H](O)CC[C@@](C)(O)[C@@H](OC(=O)N2CCN(C3CCCCCC3)CC2)/C=C/[C@@H]1C. The minimum Gasteiger partial charge on any atom is -0.457 e. The van der Waals surface area contributed by atoms with Gasteiger partial charge in [-0.1, -0.05) is 70.8 Å². The minimum absolute atomic E-state index is 0.129. The summed E-state index contributed by atoms with van der Waals surface area (Å²) in [5.41, 5.74) is -1.12. The Bertz CT molecular complexity index is 1210. The average Bonchev–Trinajstić information content (AvgIpc) is 3.49. The molecule has 4 aliphatic rings. The highest BCUT2D eigenvalue weighted by atomic mass is 16.6. The molecule has 3 heterocycles. The number of hydrogen-bond donors (Lipinski definition) is 2. The number of amides is 2. The van der Waals surface area contributed by atoms with Crippen molar-refractivity contribution in [3.63, 3.8) is 0 Å². The summed E-state index contributed by atoms with van der Waals surface area (Å²) in [4.78, 5) is 44.7. The first-order chi connectivity index (χ1) is 23.7. The Kier molecular flexibility index (Phi) is 14.8. The molecule has 1 aliphatic carbocycles. The fraction of sp³-hybridized carbons (Fsp3) is 0.769. The number of aliphatic hydroxyl groups is 2. The Morgan fingerprint density at radius 3 is 2.26 bits per heavy atom. The van der Waals surface area contributed by atoms with E-state index in [9.17, 15) is 24.6 Å². The van der Waals surface area contributed by atoms with E-state index in [1.54, 1.807) is 22.8 Å². The zero-order chi connectivity index (χ0) is 36.3. The molecule has 0 aromatic heterocycles. The standard InChI is InChI=1S/C39H63N3O8/c1-29(13-12-19-38(3,4)28-48-36(45)41-21-10-11-22-41)35-30(2)16-17-33(39(5,47)20-18-32(43)27-34(44)50-35)49-37(46)42-25-23-40(24-26-42)31-14-8-6-7-9-15-31/h12-13,16-17,19,30-33,35,43,47H,6-11,14-15,18,20-28H2,1-5H3/b17-16+,19-12+,29-13+/t30-,32+,33-,35+,39+/m0/s1. The highest BCUT2D eigenvalue weighted by molar-refractivity contribution is 5.70. The molecule has 0 aromatic rings. The molecule has 2 amide bonds. The number of esters is 1. The smallest absolute Gasteiger partial charge is 0.410 e. The topological polar surface area (TPSA) is 129 Å². The Hall–Kier alpha value is -2.89. The molecule has 11 heteroatoms. The summed E-state index contributed by atoms with van der Waals surface area (Å²) < 4.78 is 17.5. The molecule has 11 nitrogen and oxygen atoms in total. The fourth-order valence-corrected chi connectivity index (χ4v) is 7.37. The number of aliphatic hydroxyl groups excluding tert-OH is 1. The number of cyclic esters (lactones) is 1. The third-order valence-corrected chi connectivity index (χ3v) is 10.8. The van der Waals surface area contributed by atoms with Crippen molar-refractivity contribution in [1.29, 1.82) is 0 Å². The number of piperazine rings is 1. The van der Waals surface area contributed by atoms with E-state index in [0.717, 1.165) is 44.6 Å². The van der Waals surface area contributed by atoms with Gasteiger partial charge < -0.3 is 34.2 Å². The predicted molar refractivity (Wildman–Crippen MR) is 192 cm³/mol.